The molecule has 11 heavy (non-hydrogen) atoms. The lowest BCUT2D eigenvalue weighted by Crippen LogP contribution is -1.96. The fraction of sp³-hybridized carbons (Fsp3) is 0.250. The molecule has 1 aromatic carbocycles. The van der Waals surface area contributed by atoms with Crippen LogP contribution >= 0.6 is 0 Å². The van der Waals surface area contributed by atoms with Gasteiger partial charge in [0, 0.05) is 11.3 Å². The molecule has 1 aromatic rings. The van der Waals surface area contributed by atoms with E-state index in [1.807, 2.05) is 0 Å². The van der Waals surface area contributed by atoms with E-state index in [4.69, 9.17) is 5.73 Å². The number of rotatable bonds is 1. The largest absolute Gasteiger partial charge is 0.398 e. The lowest BCUT2D eigenvalue weighted by Gasteiger charge is -2.06. The molecule has 3 heteroatoms. The molecule has 2 N–H and O–H groups in total. The second-order valence-electron chi connectivity index (χ2n) is 2.38. The summed E-state index contributed by atoms with van der Waals surface area (Å²) in [6.07, 6.45) is -2.48. The molecule has 0 bridgehead atoms. The summed E-state index contributed by atoms with van der Waals surface area (Å²) in [5.74, 6) is 0. The minimum atomic E-state index is -2.48. The summed E-state index contributed by atoms with van der Waals surface area (Å²) in [4.78, 5) is 0. The molecule has 0 amide bonds. The van der Waals surface area contributed by atoms with E-state index in [0.29, 0.717) is 5.56 Å². The number of hydrogen-bond donors (Lipinski definition) is 1. The molecule has 0 radical (unpaired) electrons. The number of nitrogens with two attached hydrogens (primary N) is 1. The molecule has 0 spiro atoms. The standard InChI is InChI=1S/C8H9F2N/c1-5-3-2-4-6(11)7(5)8(9)10/h2-4,8H,11H2,1H3. The molecule has 1 nitrogen and oxygen atoms in total. The number of hydrogen-bond acceptors (Lipinski definition) is 1. The second kappa shape index (κ2) is 2.86. The van der Waals surface area contributed by atoms with Gasteiger partial charge in [0.25, 0.3) is 6.43 Å². The van der Waals surface area contributed by atoms with Crippen molar-refractivity contribution in [1.29, 1.82) is 0 Å². The van der Waals surface area contributed by atoms with Crippen LogP contribution in [-0.4, -0.2) is 0 Å². The van der Waals surface area contributed by atoms with E-state index in [1.54, 1.807) is 19.1 Å². The third-order valence-corrected chi connectivity index (χ3v) is 1.58. The smallest absolute Gasteiger partial charge is 0.266 e. The van der Waals surface area contributed by atoms with Crippen molar-refractivity contribution in [3.05, 3.63) is 29.3 Å². The van der Waals surface area contributed by atoms with Gasteiger partial charge in [0.05, 0.1) is 0 Å². The summed E-state index contributed by atoms with van der Waals surface area (Å²) < 4.78 is 24.4. The van der Waals surface area contributed by atoms with Gasteiger partial charge in [-0.1, -0.05) is 12.1 Å². The van der Waals surface area contributed by atoms with Crippen LogP contribution in [0.1, 0.15) is 17.6 Å². The van der Waals surface area contributed by atoms with Gasteiger partial charge in [0.15, 0.2) is 0 Å². The van der Waals surface area contributed by atoms with Gasteiger partial charge in [-0.15, -0.1) is 0 Å². The van der Waals surface area contributed by atoms with Crippen LogP contribution in [0, 0.1) is 6.92 Å². The SMILES string of the molecule is Cc1cccc(N)c1C(F)F. The summed E-state index contributed by atoms with van der Waals surface area (Å²) in [6, 6.07) is 4.77. The molecule has 0 heterocycles. The van der Waals surface area contributed by atoms with E-state index in [2.05, 4.69) is 0 Å². The minimum absolute atomic E-state index is 0.0486. The van der Waals surface area contributed by atoms with Gasteiger partial charge in [-0.25, -0.2) is 8.78 Å². The molecule has 1 rings (SSSR count). The van der Waals surface area contributed by atoms with Gasteiger partial charge >= 0.3 is 0 Å². The van der Waals surface area contributed by atoms with Gasteiger partial charge in [-0.05, 0) is 18.6 Å². The van der Waals surface area contributed by atoms with Crippen molar-refractivity contribution in [2.24, 2.45) is 0 Å². The first-order valence-corrected chi connectivity index (χ1v) is 3.26. The number of halogens is 2. The zero-order valence-corrected chi connectivity index (χ0v) is 6.14. The minimum Gasteiger partial charge on any atom is -0.398 e. The Bertz CT molecular complexity index is 238. The Morgan fingerprint density at radius 2 is 2.00 bits per heavy atom. The van der Waals surface area contributed by atoms with Crippen molar-refractivity contribution in [2.75, 3.05) is 5.73 Å². The molecule has 0 fully saturated rings. The van der Waals surface area contributed by atoms with Crippen molar-refractivity contribution in [2.45, 2.75) is 13.3 Å². The van der Waals surface area contributed by atoms with Crippen molar-refractivity contribution in [3.8, 4) is 0 Å². The lowest BCUT2D eigenvalue weighted by molar-refractivity contribution is 0.151. The average Bonchev–Trinajstić information content (AvgIpc) is 1.85. The van der Waals surface area contributed by atoms with E-state index < -0.39 is 6.43 Å². The quantitative estimate of drug-likeness (QED) is 0.623. The van der Waals surface area contributed by atoms with Crippen LogP contribution < -0.4 is 5.73 Å². The first-order valence-electron chi connectivity index (χ1n) is 3.26. The monoisotopic (exact) mass is 157 g/mol. The topological polar surface area (TPSA) is 26.0 Å². The number of anilines is 1. The number of aryl methyl sites for hydroxylation is 1. The summed E-state index contributed by atoms with van der Waals surface area (Å²) in [7, 11) is 0. The average molecular weight is 157 g/mol. The Morgan fingerprint density at radius 1 is 1.36 bits per heavy atom. The van der Waals surface area contributed by atoms with Crippen molar-refractivity contribution < 1.29 is 8.78 Å². The highest BCUT2D eigenvalue weighted by atomic mass is 19.3. The van der Waals surface area contributed by atoms with Crippen LogP contribution in [0.4, 0.5) is 14.5 Å². The Labute approximate surface area is 63.8 Å². The normalized spacial score (nSPS) is 10.5. The molecule has 60 valence electrons. The number of benzene rings is 1. The number of alkyl halides is 2. The molecule has 0 saturated heterocycles. The van der Waals surface area contributed by atoms with Crippen molar-refractivity contribution in [1.82, 2.24) is 0 Å². The zero-order valence-electron chi connectivity index (χ0n) is 6.14. The van der Waals surface area contributed by atoms with Crippen LogP contribution in [0.15, 0.2) is 18.2 Å². The number of nitrogen functional groups attached to an aromatic ring is 1. The van der Waals surface area contributed by atoms with Gasteiger partial charge in [0.2, 0.25) is 0 Å². The van der Waals surface area contributed by atoms with Crippen LogP contribution in [0.25, 0.3) is 0 Å². The summed E-state index contributed by atoms with van der Waals surface area (Å²) >= 11 is 0. The third kappa shape index (κ3) is 1.48. The predicted octanol–water partition coefficient (Wildman–Crippen LogP) is 2.51. The van der Waals surface area contributed by atoms with Crippen LogP contribution in [0.3, 0.4) is 0 Å². The zero-order chi connectivity index (χ0) is 8.43. The summed E-state index contributed by atoms with van der Waals surface area (Å²) in [5.41, 5.74) is 6.00. The highest BCUT2D eigenvalue weighted by Crippen LogP contribution is 2.27. The van der Waals surface area contributed by atoms with Crippen molar-refractivity contribution >= 4 is 5.69 Å². The summed E-state index contributed by atoms with van der Waals surface area (Å²) in [5, 5.41) is 0. The predicted molar refractivity (Wildman–Crippen MR) is 40.5 cm³/mol. The maximum atomic E-state index is 12.2. The van der Waals surface area contributed by atoms with Crippen molar-refractivity contribution in [3.63, 3.8) is 0 Å². The van der Waals surface area contributed by atoms with E-state index in [0.717, 1.165) is 0 Å². The van der Waals surface area contributed by atoms with Crippen LogP contribution in [0.2, 0.25) is 0 Å². The highest BCUT2D eigenvalue weighted by Gasteiger charge is 2.12. The maximum absolute atomic E-state index is 12.2. The first kappa shape index (κ1) is 7.98. The van der Waals surface area contributed by atoms with Gasteiger partial charge in [0.1, 0.15) is 0 Å². The van der Waals surface area contributed by atoms with E-state index >= 15 is 0 Å². The molecule has 0 aromatic heterocycles. The highest BCUT2D eigenvalue weighted by molar-refractivity contribution is 5.51. The Balaban J connectivity index is 3.21. The third-order valence-electron chi connectivity index (χ3n) is 1.58. The first-order chi connectivity index (χ1) is 5.13. The van der Waals surface area contributed by atoms with Gasteiger partial charge in [-0.2, -0.15) is 0 Å². The van der Waals surface area contributed by atoms with E-state index in [9.17, 15) is 8.78 Å². The van der Waals surface area contributed by atoms with Gasteiger partial charge in [-0.3, -0.25) is 0 Å². The van der Waals surface area contributed by atoms with Crippen LogP contribution in [0.5, 0.6) is 0 Å². The lowest BCUT2D eigenvalue weighted by atomic mass is 10.1. The molecule has 0 aliphatic rings. The fourth-order valence-corrected chi connectivity index (χ4v) is 1.00. The Morgan fingerprint density at radius 3 is 2.36 bits per heavy atom. The Hall–Kier alpha value is -1.12. The molecular formula is C8H9F2N. The van der Waals surface area contributed by atoms with Crippen LogP contribution in [-0.2, 0) is 0 Å². The molecule has 0 atom stereocenters. The van der Waals surface area contributed by atoms with E-state index in [-0.39, 0.29) is 11.3 Å². The Kier molecular flexibility index (Phi) is 2.08. The summed E-state index contributed by atoms with van der Waals surface area (Å²) in [6.45, 7) is 1.62. The molecular weight excluding hydrogens is 148 g/mol. The molecule has 0 saturated carbocycles. The molecule has 0 aliphatic carbocycles. The maximum Gasteiger partial charge on any atom is 0.266 e. The second-order valence-corrected chi connectivity index (χ2v) is 2.38. The molecule has 0 aliphatic heterocycles. The fourth-order valence-electron chi connectivity index (χ4n) is 1.00. The van der Waals surface area contributed by atoms with Gasteiger partial charge < -0.3 is 5.73 Å². The van der Waals surface area contributed by atoms with E-state index in [1.165, 1.54) is 6.07 Å². The molecule has 0 unspecified atom stereocenters.